The lowest BCUT2D eigenvalue weighted by atomic mass is 10.2. The van der Waals surface area contributed by atoms with Crippen LogP contribution in [-0.4, -0.2) is 84.9 Å². The summed E-state index contributed by atoms with van der Waals surface area (Å²) < 4.78 is 5.31. The second-order valence-electron chi connectivity index (χ2n) is 5.85. The van der Waals surface area contributed by atoms with Gasteiger partial charge in [-0.25, -0.2) is 0 Å². The minimum Gasteiger partial charge on any atom is -0.379 e. The number of carbonyl (C=O) groups is 1. The van der Waals surface area contributed by atoms with Crippen LogP contribution in [0.3, 0.4) is 0 Å². The molecular weight excluding hydrogens is 282 g/mol. The Morgan fingerprint density at radius 2 is 1.91 bits per heavy atom. The number of anilines is 1. The zero-order chi connectivity index (χ0) is 15.4. The molecule has 1 aromatic rings. The maximum Gasteiger partial charge on any atom is 0.236 e. The standard InChI is InChI=1S/C15H23N5O2/c1-13-10-14(17-16-11-13)19-2-4-20(5-3-19)15(21)12-18-6-8-22-9-7-18/h10-11H,2-9,12H2,1H3. The molecule has 22 heavy (non-hydrogen) atoms. The Labute approximate surface area is 130 Å². The van der Waals surface area contributed by atoms with Crippen LogP contribution in [-0.2, 0) is 9.53 Å². The Bertz CT molecular complexity index is 510. The lowest BCUT2D eigenvalue weighted by molar-refractivity contribution is -0.133. The molecule has 2 fully saturated rings. The molecule has 1 aromatic heterocycles. The molecule has 0 aliphatic carbocycles. The number of carbonyl (C=O) groups excluding carboxylic acids is 1. The summed E-state index contributed by atoms with van der Waals surface area (Å²) in [6.45, 7) is 8.81. The zero-order valence-electron chi connectivity index (χ0n) is 13.1. The molecular formula is C15H23N5O2. The number of nitrogens with zero attached hydrogens (tertiary/aromatic N) is 5. The summed E-state index contributed by atoms with van der Waals surface area (Å²) in [6.07, 6.45) is 1.76. The molecule has 2 aliphatic heterocycles. The Balaban J connectivity index is 1.49. The highest BCUT2D eigenvalue weighted by molar-refractivity contribution is 5.78. The summed E-state index contributed by atoms with van der Waals surface area (Å²) in [5.74, 6) is 1.12. The van der Waals surface area contributed by atoms with Crippen molar-refractivity contribution in [1.29, 1.82) is 0 Å². The largest absolute Gasteiger partial charge is 0.379 e. The molecule has 0 spiro atoms. The average molecular weight is 305 g/mol. The number of rotatable bonds is 3. The van der Waals surface area contributed by atoms with Gasteiger partial charge in [0.25, 0.3) is 0 Å². The van der Waals surface area contributed by atoms with Crippen LogP contribution in [0, 0.1) is 6.92 Å². The molecule has 2 aliphatic rings. The summed E-state index contributed by atoms with van der Waals surface area (Å²) in [5.41, 5.74) is 1.11. The minimum absolute atomic E-state index is 0.219. The van der Waals surface area contributed by atoms with Crippen molar-refractivity contribution in [3.63, 3.8) is 0 Å². The van der Waals surface area contributed by atoms with Crippen LogP contribution in [0.4, 0.5) is 5.82 Å². The van der Waals surface area contributed by atoms with E-state index < -0.39 is 0 Å². The minimum atomic E-state index is 0.219. The molecule has 7 nitrogen and oxygen atoms in total. The smallest absolute Gasteiger partial charge is 0.236 e. The number of piperazine rings is 1. The third kappa shape index (κ3) is 3.72. The topological polar surface area (TPSA) is 61.8 Å². The lowest BCUT2D eigenvalue weighted by Crippen LogP contribution is -2.52. The molecule has 3 heterocycles. The second kappa shape index (κ2) is 7.02. The number of hydrogen-bond donors (Lipinski definition) is 0. The van der Waals surface area contributed by atoms with E-state index in [0.717, 1.165) is 63.9 Å². The van der Waals surface area contributed by atoms with Crippen molar-refractivity contribution in [3.05, 3.63) is 17.8 Å². The molecule has 0 radical (unpaired) electrons. The van der Waals surface area contributed by atoms with Gasteiger partial charge in [-0.15, -0.1) is 5.10 Å². The van der Waals surface area contributed by atoms with Gasteiger partial charge in [-0.3, -0.25) is 9.69 Å². The van der Waals surface area contributed by atoms with Gasteiger partial charge in [0.05, 0.1) is 26.0 Å². The predicted octanol–water partition coefficient (Wildman–Crippen LogP) is -0.234. The highest BCUT2D eigenvalue weighted by atomic mass is 16.5. The fraction of sp³-hybridized carbons (Fsp3) is 0.667. The first kappa shape index (κ1) is 15.2. The molecule has 2 saturated heterocycles. The molecule has 0 atom stereocenters. The third-order valence-electron chi connectivity index (χ3n) is 4.20. The summed E-state index contributed by atoms with van der Waals surface area (Å²) in [5, 5.41) is 8.18. The van der Waals surface area contributed by atoms with Gasteiger partial charge in [0.2, 0.25) is 5.91 Å². The van der Waals surface area contributed by atoms with E-state index in [1.165, 1.54) is 0 Å². The molecule has 0 saturated carbocycles. The lowest BCUT2D eigenvalue weighted by Gasteiger charge is -2.36. The maximum absolute atomic E-state index is 12.4. The Hall–Kier alpha value is -1.73. The number of ether oxygens (including phenoxy) is 1. The molecule has 0 unspecified atom stereocenters. The molecule has 1 amide bonds. The number of aromatic nitrogens is 2. The van der Waals surface area contributed by atoms with Gasteiger partial charge in [-0.2, -0.15) is 5.10 Å². The molecule has 3 rings (SSSR count). The second-order valence-corrected chi connectivity index (χ2v) is 5.85. The third-order valence-corrected chi connectivity index (χ3v) is 4.20. The van der Waals surface area contributed by atoms with Gasteiger partial charge in [0.1, 0.15) is 0 Å². The number of amides is 1. The van der Waals surface area contributed by atoms with E-state index in [-0.39, 0.29) is 5.91 Å². The predicted molar refractivity (Wildman–Crippen MR) is 82.8 cm³/mol. The van der Waals surface area contributed by atoms with E-state index in [1.54, 1.807) is 6.20 Å². The van der Waals surface area contributed by atoms with Gasteiger partial charge in [0, 0.05) is 39.3 Å². The van der Waals surface area contributed by atoms with Crippen LogP contribution < -0.4 is 4.90 Å². The van der Waals surface area contributed by atoms with Gasteiger partial charge < -0.3 is 14.5 Å². The van der Waals surface area contributed by atoms with E-state index in [4.69, 9.17) is 4.74 Å². The Morgan fingerprint density at radius 3 is 2.59 bits per heavy atom. The first-order valence-corrected chi connectivity index (χ1v) is 7.84. The Morgan fingerprint density at radius 1 is 1.18 bits per heavy atom. The highest BCUT2D eigenvalue weighted by Crippen LogP contribution is 2.14. The summed E-state index contributed by atoms with van der Waals surface area (Å²) in [4.78, 5) is 18.7. The normalized spacial score (nSPS) is 20.2. The zero-order valence-corrected chi connectivity index (χ0v) is 13.1. The summed E-state index contributed by atoms with van der Waals surface area (Å²) in [7, 11) is 0. The fourth-order valence-corrected chi connectivity index (χ4v) is 2.84. The fourth-order valence-electron chi connectivity index (χ4n) is 2.84. The number of morpholine rings is 1. The van der Waals surface area contributed by atoms with E-state index in [0.29, 0.717) is 6.54 Å². The van der Waals surface area contributed by atoms with E-state index in [2.05, 4.69) is 20.0 Å². The van der Waals surface area contributed by atoms with Crippen molar-refractivity contribution in [2.24, 2.45) is 0 Å². The maximum atomic E-state index is 12.4. The van der Waals surface area contributed by atoms with E-state index >= 15 is 0 Å². The van der Waals surface area contributed by atoms with Crippen molar-refractivity contribution in [2.75, 3.05) is 63.9 Å². The van der Waals surface area contributed by atoms with Crippen LogP contribution >= 0.6 is 0 Å². The number of aryl methyl sites for hydroxylation is 1. The van der Waals surface area contributed by atoms with Crippen LogP contribution in [0.5, 0.6) is 0 Å². The molecule has 0 N–H and O–H groups in total. The van der Waals surface area contributed by atoms with Crippen molar-refractivity contribution >= 4 is 11.7 Å². The molecule has 0 aromatic carbocycles. The van der Waals surface area contributed by atoms with Gasteiger partial charge in [0.15, 0.2) is 5.82 Å². The highest BCUT2D eigenvalue weighted by Gasteiger charge is 2.24. The average Bonchev–Trinajstić information content (AvgIpc) is 2.56. The van der Waals surface area contributed by atoms with Crippen molar-refractivity contribution < 1.29 is 9.53 Å². The van der Waals surface area contributed by atoms with Crippen LogP contribution in [0.25, 0.3) is 0 Å². The van der Waals surface area contributed by atoms with E-state index in [1.807, 2.05) is 17.9 Å². The van der Waals surface area contributed by atoms with Crippen molar-refractivity contribution in [2.45, 2.75) is 6.92 Å². The van der Waals surface area contributed by atoms with Crippen molar-refractivity contribution in [1.82, 2.24) is 20.0 Å². The first-order chi connectivity index (χ1) is 10.7. The first-order valence-electron chi connectivity index (χ1n) is 7.84. The van der Waals surface area contributed by atoms with Crippen LogP contribution in [0.2, 0.25) is 0 Å². The SMILES string of the molecule is Cc1cnnc(N2CCN(C(=O)CN3CCOCC3)CC2)c1. The van der Waals surface area contributed by atoms with Crippen molar-refractivity contribution in [3.8, 4) is 0 Å². The van der Waals surface area contributed by atoms with Crippen LogP contribution in [0.15, 0.2) is 12.3 Å². The van der Waals surface area contributed by atoms with Crippen LogP contribution in [0.1, 0.15) is 5.56 Å². The molecule has 0 bridgehead atoms. The summed E-state index contributed by atoms with van der Waals surface area (Å²) in [6, 6.07) is 2.04. The Kier molecular flexibility index (Phi) is 4.84. The monoisotopic (exact) mass is 305 g/mol. The van der Waals surface area contributed by atoms with E-state index in [9.17, 15) is 4.79 Å². The molecule has 7 heteroatoms. The number of hydrogen-bond acceptors (Lipinski definition) is 6. The summed E-state index contributed by atoms with van der Waals surface area (Å²) >= 11 is 0. The molecule has 120 valence electrons. The van der Waals surface area contributed by atoms with Gasteiger partial charge in [-0.05, 0) is 18.6 Å². The quantitative estimate of drug-likeness (QED) is 0.768. The van der Waals surface area contributed by atoms with Gasteiger partial charge >= 0.3 is 0 Å². The van der Waals surface area contributed by atoms with Gasteiger partial charge in [-0.1, -0.05) is 0 Å².